The average Bonchev–Trinajstić information content (AvgIpc) is 2.19. The zero-order valence-electron chi connectivity index (χ0n) is 11.5. The average molecular weight is 370 g/mol. The van der Waals surface area contributed by atoms with Crippen LogP contribution in [-0.4, -0.2) is 20.8 Å². The first-order valence-electron chi connectivity index (χ1n) is 5.82. The van der Waals surface area contributed by atoms with Crippen LogP contribution >= 0.6 is 26.6 Å². The molecule has 0 bridgehead atoms. The zero-order chi connectivity index (χ0) is 14.8. The second-order valence-electron chi connectivity index (χ2n) is 5.51. The van der Waals surface area contributed by atoms with Crippen LogP contribution in [0.2, 0.25) is 0 Å². The topological polar surface area (TPSA) is 43.4 Å². The van der Waals surface area contributed by atoms with E-state index in [4.69, 9.17) is 15.4 Å². The molecule has 0 unspecified atom stereocenters. The highest BCUT2D eigenvalue weighted by Crippen LogP contribution is 2.28. The molecule has 0 spiro atoms. The normalized spacial score (nSPS) is 12.5. The van der Waals surface area contributed by atoms with Crippen molar-refractivity contribution in [3.8, 4) is 5.75 Å². The molecule has 1 aromatic carbocycles. The molecule has 0 saturated heterocycles. The SMILES string of the molecule is Cc1cc(OCC(C)(C)CS(=O)(=O)Cl)cc(C)c1Br. The van der Waals surface area contributed by atoms with Crippen LogP contribution in [0.15, 0.2) is 16.6 Å². The largest absolute Gasteiger partial charge is 0.493 e. The molecule has 0 aliphatic heterocycles. The van der Waals surface area contributed by atoms with Crippen molar-refractivity contribution in [1.29, 1.82) is 0 Å². The van der Waals surface area contributed by atoms with E-state index in [1.165, 1.54) is 0 Å². The fraction of sp³-hybridized carbons (Fsp3) is 0.538. The Kier molecular flexibility index (Phi) is 5.32. The van der Waals surface area contributed by atoms with Gasteiger partial charge >= 0.3 is 0 Å². The molecule has 0 N–H and O–H groups in total. The van der Waals surface area contributed by atoms with Crippen LogP contribution in [0.25, 0.3) is 0 Å². The Balaban J connectivity index is 2.77. The Labute approximate surface area is 127 Å². The van der Waals surface area contributed by atoms with Crippen molar-refractivity contribution in [3.63, 3.8) is 0 Å². The summed E-state index contributed by atoms with van der Waals surface area (Å²) in [7, 11) is 1.76. The van der Waals surface area contributed by atoms with Crippen LogP contribution in [0, 0.1) is 19.3 Å². The lowest BCUT2D eigenvalue weighted by Crippen LogP contribution is -2.28. The summed E-state index contributed by atoms with van der Waals surface area (Å²) >= 11 is 3.49. The first-order chi connectivity index (χ1) is 8.50. The monoisotopic (exact) mass is 368 g/mol. The predicted molar refractivity (Wildman–Crippen MR) is 82.5 cm³/mol. The molecule has 108 valence electrons. The third-order valence-electron chi connectivity index (χ3n) is 2.60. The lowest BCUT2D eigenvalue weighted by atomic mass is 9.98. The van der Waals surface area contributed by atoms with Crippen LogP contribution in [0.1, 0.15) is 25.0 Å². The van der Waals surface area contributed by atoms with Gasteiger partial charge in [-0.25, -0.2) is 8.42 Å². The summed E-state index contributed by atoms with van der Waals surface area (Å²) in [5, 5.41) is 0. The van der Waals surface area contributed by atoms with Gasteiger partial charge in [0.25, 0.3) is 0 Å². The Morgan fingerprint density at radius 1 is 1.26 bits per heavy atom. The molecular weight excluding hydrogens is 352 g/mol. The molecule has 0 radical (unpaired) electrons. The van der Waals surface area contributed by atoms with Crippen LogP contribution in [0.4, 0.5) is 0 Å². The minimum atomic E-state index is -3.52. The van der Waals surface area contributed by atoms with Gasteiger partial charge in [0.1, 0.15) is 5.75 Å². The number of hydrogen-bond donors (Lipinski definition) is 0. The fourth-order valence-corrected chi connectivity index (χ4v) is 3.91. The Hall–Kier alpha value is -0.260. The second-order valence-corrected chi connectivity index (χ2v) is 9.08. The molecule has 1 rings (SSSR count). The molecule has 6 heteroatoms. The zero-order valence-corrected chi connectivity index (χ0v) is 14.6. The predicted octanol–water partition coefficient (Wildman–Crippen LogP) is 4.04. The summed E-state index contributed by atoms with van der Waals surface area (Å²) in [6.45, 7) is 7.88. The molecule has 0 aliphatic carbocycles. The maximum Gasteiger partial charge on any atom is 0.233 e. The van der Waals surface area contributed by atoms with Gasteiger partial charge in [-0.2, -0.15) is 0 Å². The van der Waals surface area contributed by atoms with Gasteiger partial charge in [-0.3, -0.25) is 0 Å². The number of aryl methyl sites for hydroxylation is 2. The highest BCUT2D eigenvalue weighted by Gasteiger charge is 2.26. The summed E-state index contributed by atoms with van der Waals surface area (Å²) in [4.78, 5) is 0. The van der Waals surface area contributed by atoms with E-state index in [-0.39, 0.29) is 5.75 Å². The Morgan fingerprint density at radius 2 is 1.74 bits per heavy atom. The first-order valence-corrected chi connectivity index (χ1v) is 9.09. The number of hydrogen-bond acceptors (Lipinski definition) is 3. The molecular formula is C13H18BrClO3S. The molecule has 3 nitrogen and oxygen atoms in total. The summed E-state index contributed by atoms with van der Waals surface area (Å²) < 4.78 is 29.0. The van der Waals surface area contributed by atoms with Gasteiger partial charge in [-0.15, -0.1) is 0 Å². The highest BCUT2D eigenvalue weighted by atomic mass is 79.9. The van der Waals surface area contributed by atoms with Gasteiger partial charge in [-0.1, -0.05) is 29.8 Å². The maximum absolute atomic E-state index is 11.1. The number of halogens is 2. The minimum absolute atomic E-state index is 0.115. The molecule has 19 heavy (non-hydrogen) atoms. The Morgan fingerprint density at radius 3 is 2.16 bits per heavy atom. The van der Waals surface area contributed by atoms with E-state index in [1.807, 2.05) is 39.8 Å². The van der Waals surface area contributed by atoms with Crippen LogP contribution in [-0.2, 0) is 9.05 Å². The van der Waals surface area contributed by atoms with Crippen LogP contribution in [0.3, 0.4) is 0 Å². The van der Waals surface area contributed by atoms with Crippen molar-refractivity contribution in [3.05, 3.63) is 27.7 Å². The van der Waals surface area contributed by atoms with Crippen molar-refractivity contribution in [1.82, 2.24) is 0 Å². The third-order valence-corrected chi connectivity index (χ3v) is 5.31. The van der Waals surface area contributed by atoms with E-state index >= 15 is 0 Å². The van der Waals surface area contributed by atoms with E-state index in [9.17, 15) is 8.42 Å². The molecule has 0 heterocycles. The fourth-order valence-electron chi connectivity index (χ4n) is 1.78. The number of rotatable bonds is 5. The van der Waals surface area contributed by atoms with E-state index in [2.05, 4.69) is 15.9 Å². The molecule has 0 saturated carbocycles. The van der Waals surface area contributed by atoms with E-state index in [1.54, 1.807) is 0 Å². The minimum Gasteiger partial charge on any atom is -0.493 e. The van der Waals surface area contributed by atoms with Gasteiger partial charge in [0, 0.05) is 20.6 Å². The Bertz CT molecular complexity index is 544. The van der Waals surface area contributed by atoms with Crippen molar-refractivity contribution in [2.75, 3.05) is 12.4 Å². The van der Waals surface area contributed by atoms with Gasteiger partial charge in [0.05, 0.1) is 12.4 Å². The molecule has 0 aliphatic rings. The van der Waals surface area contributed by atoms with Crippen molar-refractivity contribution < 1.29 is 13.2 Å². The first kappa shape index (κ1) is 16.8. The molecule has 0 fully saturated rings. The summed E-state index contributed by atoms with van der Waals surface area (Å²) in [6, 6.07) is 3.84. The van der Waals surface area contributed by atoms with Crippen molar-refractivity contribution in [2.24, 2.45) is 5.41 Å². The molecule has 1 aromatic rings. The lowest BCUT2D eigenvalue weighted by Gasteiger charge is -2.23. The van der Waals surface area contributed by atoms with E-state index in [0.29, 0.717) is 6.61 Å². The van der Waals surface area contributed by atoms with E-state index < -0.39 is 14.5 Å². The third kappa shape index (κ3) is 5.71. The summed E-state index contributed by atoms with van der Waals surface area (Å²) in [5.41, 5.74) is 1.63. The van der Waals surface area contributed by atoms with Crippen LogP contribution < -0.4 is 4.74 Å². The molecule has 0 amide bonds. The number of ether oxygens (including phenoxy) is 1. The standard InChI is InChI=1S/C13H18BrClO3S/c1-9-5-11(6-10(2)12(9)14)18-7-13(3,4)8-19(15,16)17/h5-6H,7-8H2,1-4H3. The van der Waals surface area contributed by atoms with Gasteiger partial charge in [0.2, 0.25) is 9.05 Å². The quantitative estimate of drug-likeness (QED) is 0.736. The highest BCUT2D eigenvalue weighted by molar-refractivity contribution is 9.10. The maximum atomic E-state index is 11.1. The van der Waals surface area contributed by atoms with Gasteiger partial charge in [-0.05, 0) is 37.1 Å². The van der Waals surface area contributed by atoms with Crippen molar-refractivity contribution in [2.45, 2.75) is 27.7 Å². The molecule has 0 atom stereocenters. The van der Waals surface area contributed by atoms with Gasteiger partial charge in [0.15, 0.2) is 0 Å². The molecule has 0 aromatic heterocycles. The number of benzene rings is 1. The van der Waals surface area contributed by atoms with E-state index in [0.717, 1.165) is 21.3 Å². The lowest BCUT2D eigenvalue weighted by molar-refractivity contribution is 0.200. The smallest absolute Gasteiger partial charge is 0.233 e. The summed E-state index contributed by atoms with van der Waals surface area (Å²) in [5.74, 6) is 0.619. The second kappa shape index (κ2) is 6.02. The van der Waals surface area contributed by atoms with Gasteiger partial charge < -0.3 is 4.74 Å². The van der Waals surface area contributed by atoms with Crippen molar-refractivity contribution >= 4 is 35.7 Å². The summed E-state index contributed by atoms with van der Waals surface area (Å²) in [6.07, 6.45) is 0. The van der Waals surface area contributed by atoms with Crippen LogP contribution in [0.5, 0.6) is 5.75 Å².